The number of aromatic nitrogens is 4. The zero-order valence-electron chi connectivity index (χ0n) is 15.0. The van der Waals surface area contributed by atoms with Crippen LogP contribution in [-0.2, 0) is 0 Å². The number of rotatable bonds is 3. The van der Waals surface area contributed by atoms with Crippen molar-refractivity contribution in [3.05, 3.63) is 42.9 Å². The minimum absolute atomic E-state index is 0.653. The fraction of sp³-hybridized carbons (Fsp3) is 0.450. The Morgan fingerprint density at radius 3 is 2.62 bits per heavy atom. The van der Waals surface area contributed by atoms with Gasteiger partial charge in [0.25, 0.3) is 0 Å². The maximum absolute atomic E-state index is 4.64. The van der Waals surface area contributed by atoms with Gasteiger partial charge in [-0.05, 0) is 50.9 Å². The third kappa shape index (κ3) is 2.74. The molecule has 2 aromatic heterocycles. The predicted octanol–water partition coefficient (Wildman–Crippen LogP) is 2.88. The number of likely N-dealkylation sites (tertiary alicyclic amines) is 1. The van der Waals surface area contributed by atoms with Gasteiger partial charge in [0.2, 0.25) is 0 Å². The summed E-state index contributed by atoms with van der Waals surface area (Å²) in [7, 11) is 0. The first-order chi connectivity index (χ1) is 12.9. The Hall–Kier alpha value is -2.47. The molecule has 6 nitrogen and oxygen atoms in total. The number of piperidine rings is 1. The quantitative estimate of drug-likeness (QED) is 0.728. The largest absolute Gasteiger partial charge is 0.354 e. The van der Waals surface area contributed by atoms with E-state index in [1.54, 1.807) is 6.33 Å². The van der Waals surface area contributed by atoms with E-state index in [9.17, 15) is 0 Å². The molecule has 1 atom stereocenters. The molecule has 3 aromatic rings. The summed E-state index contributed by atoms with van der Waals surface area (Å²) in [5, 5.41) is 5.63. The fourth-order valence-corrected chi connectivity index (χ4v) is 4.39. The van der Waals surface area contributed by atoms with Gasteiger partial charge in [0.15, 0.2) is 5.65 Å². The summed E-state index contributed by atoms with van der Waals surface area (Å²) in [4.78, 5) is 14.3. The molecule has 0 bridgehead atoms. The van der Waals surface area contributed by atoms with Crippen LogP contribution in [0.15, 0.2) is 42.9 Å². The van der Waals surface area contributed by atoms with Crippen LogP contribution in [0.1, 0.15) is 25.7 Å². The summed E-state index contributed by atoms with van der Waals surface area (Å²) in [5.41, 5.74) is 1.91. The van der Waals surface area contributed by atoms with Gasteiger partial charge in [-0.25, -0.2) is 14.6 Å². The molecule has 0 amide bonds. The van der Waals surface area contributed by atoms with Gasteiger partial charge in [0.05, 0.1) is 17.3 Å². The molecular formula is C20H24N6. The van der Waals surface area contributed by atoms with E-state index in [0.29, 0.717) is 6.04 Å². The standard InChI is InChI=1S/C20H24N6/c1-2-7-16(8-3-1)26-20-18(13-23-26)19(21-15-22-20)25-12-6-9-17(14-25)24-10-4-5-11-24/h1-3,7-8,13,15,17H,4-6,9-12,14H2/t17-/m0/s1. The Kier molecular flexibility index (Phi) is 4.05. The van der Waals surface area contributed by atoms with E-state index in [4.69, 9.17) is 0 Å². The van der Waals surface area contributed by atoms with Crippen molar-refractivity contribution in [2.45, 2.75) is 31.7 Å². The number of para-hydroxylation sites is 1. The predicted molar refractivity (Wildman–Crippen MR) is 103 cm³/mol. The average Bonchev–Trinajstić information content (AvgIpc) is 3.38. The molecule has 0 unspecified atom stereocenters. The Balaban J connectivity index is 1.48. The smallest absolute Gasteiger partial charge is 0.168 e. The summed E-state index contributed by atoms with van der Waals surface area (Å²) in [6.45, 7) is 4.63. The first-order valence-corrected chi connectivity index (χ1v) is 9.63. The molecule has 134 valence electrons. The Labute approximate surface area is 153 Å². The zero-order valence-corrected chi connectivity index (χ0v) is 15.0. The number of benzene rings is 1. The fourth-order valence-electron chi connectivity index (χ4n) is 4.39. The van der Waals surface area contributed by atoms with Crippen molar-refractivity contribution < 1.29 is 0 Å². The number of anilines is 1. The van der Waals surface area contributed by atoms with Crippen LogP contribution in [0.25, 0.3) is 16.7 Å². The first-order valence-electron chi connectivity index (χ1n) is 9.63. The van der Waals surface area contributed by atoms with Crippen molar-refractivity contribution in [3.63, 3.8) is 0 Å². The maximum Gasteiger partial charge on any atom is 0.168 e. The topological polar surface area (TPSA) is 50.1 Å². The number of hydrogen-bond donors (Lipinski definition) is 0. The van der Waals surface area contributed by atoms with Crippen LogP contribution in [-0.4, -0.2) is 56.9 Å². The lowest BCUT2D eigenvalue weighted by molar-refractivity contribution is 0.215. The Bertz CT molecular complexity index is 884. The van der Waals surface area contributed by atoms with Gasteiger partial charge in [0, 0.05) is 19.1 Å². The van der Waals surface area contributed by atoms with Crippen LogP contribution in [0, 0.1) is 0 Å². The van der Waals surface area contributed by atoms with Gasteiger partial charge in [-0.15, -0.1) is 0 Å². The molecule has 0 radical (unpaired) electrons. The van der Waals surface area contributed by atoms with Gasteiger partial charge < -0.3 is 4.90 Å². The van der Waals surface area contributed by atoms with E-state index in [2.05, 4.69) is 37.0 Å². The third-order valence-corrected chi connectivity index (χ3v) is 5.70. The van der Waals surface area contributed by atoms with Gasteiger partial charge in [-0.1, -0.05) is 18.2 Å². The van der Waals surface area contributed by atoms with Gasteiger partial charge in [-0.2, -0.15) is 5.10 Å². The second kappa shape index (κ2) is 6.68. The van der Waals surface area contributed by atoms with Gasteiger partial charge in [0.1, 0.15) is 12.1 Å². The van der Waals surface area contributed by atoms with E-state index in [-0.39, 0.29) is 0 Å². The van der Waals surface area contributed by atoms with Crippen LogP contribution in [0.2, 0.25) is 0 Å². The monoisotopic (exact) mass is 348 g/mol. The minimum atomic E-state index is 0.653. The van der Waals surface area contributed by atoms with Crippen molar-refractivity contribution in [2.75, 3.05) is 31.1 Å². The maximum atomic E-state index is 4.64. The lowest BCUT2D eigenvalue weighted by Crippen LogP contribution is -2.47. The Morgan fingerprint density at radius 1 is 0.923 bits per heavy atom. The molecule has 0 spiro atoms. The van der Waals surface area contributed by atoms with E-state index < -0.39 is 0 Å². The normalized spacial score (nSPS) is 21.5. The van der Waals surface area contributed by atoms with Gasteiger partial charge >= 0.3 is 0 Å². The molecule has 0 aliphatic carbocycles. The molecule has 0 N–H and O–H groups in total. The lowest BCUT2D eigenvalue weighted by Gasteiger charge is -2.38. The van der Waals surface area contributed by atoms with Crippen LogP contribution in [0.3, 0.4) is 0 Å². The van der Waals surface area contributed by atoms with Crippen LogP contribution < -0.4 is 4.90 Å². The zero-order chi connectivity index (χ0) is 17.3. The van der Waals surface area contributed by atoms with Crippen LogP contribution in [0.4, 0.5) is 5.82 Å². The van der Waals surface area contributed by atoms with Crippen LogP contribution in [0.5, 0.6) is 0 Å². The van der Waals surface area contributed by atoms with Crippen molar-refractivity contribution in [2.24, 2.45) is 0 Å². The van der Waals surface area contributed by atoms with E-state index in [1.165, 1.54) is 38.8 Å². The molecule has 2 saturated heterocycles. The molecule has 26 heavy (non-hydrogen) atoms. The second-order valence-corrected chi connectivity index (χ2v) is 7.31. The summed E-state index contributed by atoms with van der Waals surface area (Å²) < 4.78 is 1.91. The van der Waals surface area contributed by atoms with Gasteiger partial charge in [-0.3, -0.25) is 4.90 Å². The first kappa shape index (κ1) is 15.8. The molecule has 5 rings (SSSR count). The second-order valence-electron chi connectivity index (χ2n) is 7.31. The van der Waals surface area contributed by atoms with Crippen molar-refractivity contribution in [1.82, 2.24) is 24.6 Å². The van der Waals surface area contributed by atoms with E-state index >= 15 is 0 Å². The number of nitrogens with zero attached hydrogens (tertiary/aromatic N) is 6. The molecule has 2 fully saturated rings. The molecule has 1 aromatic carbocycles. The molecule has 0 saturated carbocycles. The molecule has 4 heterocycles. The molecule has 6 heteroatoms. The molecule has 2 aliphatic rings. The SMILES string of the molecule is c1ccc(-n2ncc3c(N4CCC[C@H](N5CCCC5)C4)ncnc32)cc1. The lowest BCUT2D eigenvalue weighted by atomic mass is 10.0. The van der Waals surface area contributed by atoms with Crippen molar-refractivity contribution in [3.8, 4) is 5.69 Å². The van der Waals surface area contributed by atoms with E-state index in [0.717, 1.165) is 35.6 Å². The molecule has 2 aliphatic heterocycles. The summed E-state index contributed by atoms with van der Waals surface area (Å²) in [6, 6.07) is 10.8. The highest BCUT2D eigenvalue weighted by molar-refractivity contribution is 5.87. The van der Waals surface area contributed by atoms with Crippen LogP contribution >= 0.6 is 0 Å². The Morgan fingerprint density at radius 2 is 1.77 bits per heavy atom. The molecular weight excluding hydrogens is 324 g/mol. The highest BCUT2D eigenvalue weighted by Gasteiger charge is 2.28. The average molecular weight is 348 g/mol. The van der Waals surface area contributed by atoms with E-state index in [1.807, 2.05) is 29.1 Å². The summed E-state index contributed by atoms with van der Waals surface area (Å²) >= 11 is 0. The third-order valence-electron chi connectivity index (χ3n) is 5.70. The summed E-state index contributed by atoms with van der Waals surface area (Å²) in [5.74, 6) is 1.03. The number of hydrogen-bond acceptors (Lipinski definition) is 5. The van der Waals surface area contributed by atoms with Crippen molar-refractivity contribution >= 4 is 16.9 Å². The highest BCUT2D eigenvalue weighted by Crippen LogP contribution is 2.28. The highest BCUT2D eigenvalue weighted by atomic mass is 15.3. The number of fused-ring (bicyclic) bond motifs is 1. The minimum Gasteiger partial charge on any atom is -0.354 e. The summed E-state index contributed by atoms with van der Waals surface area (Å²) in [6.07, 6.45) is 8.80. The van der Waals surface area contributed by atoms with Crippen molar-refractivity contribution in [1.29, 1.82) is 0 Å².